The molecule has 0 saturated heterocycles. The molecule has 3 aromatic carbocycles. The average molecular weight is 522 g/mol. The normalized spacial score (nSPS) is 11.9. The van der Waals surface area contributed by atoms with Gasteiger partial charge in [-0.15, -0.1) is 0 Å². The highest BCUT2D eigenvalue weighted by molar-refractivity contribution is 7.99. The van der Waals surface area contributed by atoms with Crippen molar-refractivity contribution in [3.8, 4) is 22.3 Å². The Morgan fingerprint density at radius 3 is 2.00 bits per heavy atom. The standard InChI is InChI=1S/C25H25NO2S.C4H10O.C3H8/c1-15-9-11-18(12-10-15)23-17(3)24-20-8-6-5-7-19(20)14-26(29-4)25(24)16(2)21(23)13-22(27)28;1-4(2,3)5;1-3-2/h5-12H,13-14H2,1-4H3,(H,27,28);5H,1-3H3;3H2,1-2H3. The van der Waals surface area contributed by atoms with Gasteiger partial charge in [0.25, 0.3) is 0 Å². The quantitative estimate of drug-likeness (QED) is 0.338. The van der Waals surface area contributed by atoms with Gasteiger partial charge in [-0.2, -0.15) is 0 Å². The molecular formula is C32H43NO3S. The van der Waals surface area contributed by atoms with Crippen LogP contribution in [0.5, 0.6) is 0 Å². The molecule has 200 valence electrons. The summed E-state index contributed by atoms with van der Waals surface area (Å²) < 4.78 is 2.30. The fourth-order valence-corrected chi connectivity index (χ4v) is 5.14. The Morgan fingerprint density at radius 1 is 0.946 bits per heavy atom. The van der Waals surface area contributed by atoms with Crippen LogP contribution >= 0.6 is 11.9 Å². The smallest absolute Gasteiger partial charge is 0.307 e. The topological polar surface area (TPSA) is 60.8 Å². The number of hydrogen-bond acceptors (Lipinski definition) is 4. The van der Waals surface area contributed by atoms with Crippen LogP contribution in [0.3, 0.4) is 0 Å². The summed E-state index contributed by atoms with van der Waals surface area (Å²) in [6.45, 7) is 16.6. The second-order valence-corrected chi connectivity index (χ2v) is 11.3. The van der Waals surface area contributed by atoms with Crippen LogP contribution in [0.4, 0.5) is 5.69 Å². The Morgan fingerprint density at radius 2 is 1.49 bits per heavy atom. The summed E-state index contributed by atoms with van der Waals surface area (Å²) in [5.41, 5.74) is 10.9. The summed E-state index contributed by atoms with van der Waals surface area (Å²) in [6.07, 6.45) is 3.35. The zero-order chi connectivity index (χ0) is 27.9. The Labute approximate surface area is 227 Å². The van der Waals surface area contributed by atoms with Gasteiger partial charge in [-0.1, -0.05) is 86.3 Å². The maximum absolute atomic E-state index is 11.8. The van der Waals surface area contributed by atoms with Crippen LogP contribution < -0.4 is 4.31 Å². The molecule has 0 aliphatic carbocycles. The maximum atomic E-state index is 11.8. The summed E-state index contributed by atoms with van der Waals surface area (Å²) in [5.74, 6) is -0.798. The predicted molar refractivity (Wildman–Crippen MR) is 160 cm³/mol. The molecule has 0 unspecified atom stereocenters. The third-order valence-electron chi connectivity index (χ3n) is 5.84. The van der Waals surface area contributed by atoms with Crippen molar-refractivity contribution in [1.82, 2.24) is 0 Å². The molecule has 3 aromatic rings. The molecule has 1 aliphatic rings. The number of anilines is 1. The molecule has 0 bridgehead atoms. The molecule has 1 aliphatic heterocycles. The number of aliphatic hydroxyl groups is 1. The SMILES string of the molecule is CC(C)(C)O.CCC.CSN1Cc2ccccc2-c2c(C)c(-c3ccc(C)cc3)c(CC(=O)O)c(C)c21. The van der Waals surface area contributed by atoms with Crippen molar-refractivity contribution in [1.29, 1.82) is 0 Å². The lowest BCUT2D eigenvalue weighted by Crippen LogP contribution is -2.22. The summed E-state index contributed by atoms with van der Waals surface area (Å²) in [7, 11) is 0. The van der Waals surface area contributed by atoms with E-state index in [0.29, 0.717) is 0 Å². The fraction of sp³-hybridized carbons (Fsp3) is 0.406. The van der Waals surface area contributed by atoms with Gasteiger partial charge in [0, 0.05) is 11.8 Å². The van der Waals surface area contributed by atoms with E-state index in [1.54, 1.807) is 32.7 Å². The van der Waals surface area contributed by atoms with E-state index < -0.39 is 11.6 Å². The molecule has 5 heteroatoms. The minimum Gasteiger partial charge on any atom is -0.481 e. The van der Waals surface area contributed by atoms with E-state index in [0.717, 1.165) is 40.0 Å². The number of rotatable bonds is 4. The summed E-state index contributed by atoms with van der Waals surface area (Å²) >= 11 is 1.69. The van der Waals surface area contributed by atoms with Crippen molar-refractivity contribution >= 4 is 23.6 Å². The molecule has 0 atom stereocenters. The van der Waals surface area contributed by atoms with Crippen LogP contribution in [0.1, 0.15) is 68.9 Å². The second-order valence-electron chi connectivity index (χ2n) is 10.5. The van der Waals surface area contributed by atoms with Gasteiger partial charge in [0.15, 0.2) is 0 Å². The van der Waals surface area contributed by atoms with Crippen molar-refractivity contribution < 1.29 is 15.0 Å². The Kier molecular flexibility index (Phi) is 10.8. The molecule has 4 nitrogen and oxygen atoms in total. The molecule has 0 amide bonds. The predicted octanol–water partition coefficient (Wildman–Crippen LogP) is 8.36. The first-order valence-electron chi connectivity index (χ1n) is 12.9. The number of carboxylic acid groups (broad SMARTS) is 1. The number of hydrogen-bond donors (Lipinski definition) is 2. The molecule has 1 heterocycles. The minimum absolute atomic E-state index is 0.0209. The van der Waals surface area contributed by atoms with Gasteiger partial charge < -0.3 is 14.5 Å². The Hall–Kier alpha value is -2.76. The molecular weight excluding hydrogens is 478 g/mol. The van der Waals surface area contributed by atoms with Crippen molar-refractivity contribution in [2.75, 3.05) is 10.6 Å². The van der Waals surface area contributed by atoms with Crippen LogP contribution in [0.2, 0.25) is 0 Å². The minimum atomic E-state index is -0.798. The number of benzene rings is 3. The highest BCUT2D eigenvalue weighted by Gasteiger charge is 2.30. The summed E-state index contributed by atoms with van der Waals surface area (Å²) in [6, 6.07) is 17.0. The van der Waals surface area contributed by atoms with E-state index in [2.05, 4.69) is 93.7 Å². The van der Waals surface area contributed by atoms with E-state index in [1.807, 2.05) is 0 Å². The Balaban J connectivity index is 0.000000530. The van der Waals surface area contributed by atoms with Crippen molar-refractivity contribution in [2.45, 2.75) is 80.4 Å². The first-order valence-corrected chi connectivity index (χ1v) is 14.1. The number of nitrogens with zero attached hydrogens (tertiary/aromatic N) is 1. The third-order valence-corrected chi connectivity index (χ3v) is 6.59. The third kappa shape index (κ3) is 7.86. The van der Waals surface area contributed by atoms with Crippen molar-refractivity contribution in [2.24, 2.45) is 0 Å². The summed E-state index contributed by atoms with van der Waals surface area (Å²) in [5, 5.41) is 18.2. The van der Waals surface area contributed by atoms with E-state index in [4.69, 9.17) is 5.11 Å². The molecule has 37 heavy (non-hydrogen) atoms. The molecule has 4 rings (SSSR count). The van der Waals surface area contributed by atoms with Crippen LogP contribution in [-0.4, -0.2) is 28.0 Å². The molecule has 2 N–H and O–H groups in total. The molecule has 0 radical (unpaired) electrons. The van der Waals surface area contributed by atoms with Crippen LogP contribution in [0.25, 0.3) is 22.3 Å². The van der Waals surface area contributed by atoms with Crippen LogP contribution in [0.15, 0.2) is 48.5 Å². The van der Waals surface area contributed by atoms with Gasteiger partial charge in [-0.05, 0) is 80.5 Å². The number of aryl methyl sites for hydroxylation is 1. The van der Waals surface area contributed by atoms with Gasteiger partial charge in [0.05, 0.1) is 24.3 Å². The van der Waals surface area contributed by atoms with Crippen molar-refractivity contribution in [3.05, 3.63) is 76.3 Å². The maximum Gasteiger partial charge on any atom is 0.307 e. The molecule has 0 fully saturated rings. The number of aliphatic carboxylic acids is 1. The van der Waals surface area contributed by atoms with Crippen molar-refractivity contribution in [3.63, 3.8) is 0 Å². The van der Waals surface area contributed by atoms with Gasteiger partial charge >= 0.3 is 5.97 Å². The lowest BCUT2D eigenvalue weighted by Gasteiger charge is -2.35. The lowest BCUT2D eigenvalue weighted by atomic mass is 9.81. The number of carboxylic acids is 1. The molecule has 0 spiro atoms. The van der Waals surface area contributed by atoms with Gasteiger partial charge in [0.1, 0.15) is 0 Å². The van der Waals surface area contributed by atoms with Gasteiger partial charge in [0.2, 0.25) is 0 Å². The molecule has 0 aromatic heterocycles. The number of carbonyl (C=O) groups is 1. The number of fused-ring (bicyclic) bond motifs is 3. The van der Waals surface area contributed by atoms with Gasteiger partial charge in [-0.3, -0.25) is 4.79 Å². The molecule has 0 saturated carbocycles. The average Bonchev–Trinajstić information content (AvgIpc) is 2.81. The summed E-state index contributed by atoms with van der Waals surface area (Å²) in [4.78, 5) is 11.8. The van der Waals surface area contributed by atoms with Gasteiger partial charge in [-0.25, -0.2) is 0 Å². The monoisotopic (exact) mass is 521 g/mol. The first-order chi connectivity index (χ1) is 17.3. The zero-order valence-corrected chi connectivity index (χ0v) is 24.7. The second kappa shape index (κ2) is 13.2. The highest BCUT2D eigenvalue weighted by Crippen LogP contribution is 2.50. The van der Waals surface area contributed by atoms with Crippen LogP contribution in [-0.2, 0) is 17.8 Å². The van der Waals surface area contributed by atoms with E-state index >= 15 is 0 Å². The zero-order valence-electron chi connectivity index (χ0n) is 23.9. The van der Waals surface area contributed by atoms with Crippen LogP contribution in [0, 0.1) is 20.8 Å². The fourth-order valence-electron chi connectivity index (χ4n) is 4.46. The lowest BCUT2D eigenvalue weighted by molar-refractivity contribution is -0.136. The van der Waals surface area contributed by atoms with E-state index in [-0.39, 0.29) is 6.42 Å². The van der Waals surface area contributed by atoms with E-state index in [9.17, 15) is 9.90 Å². The highest BCUT2D eigenvalue weighted by atomic mass is 32.2. The first kappa shape index (κ1) is 30.5. The van der Waals surface area contributed by atoms with E-state index in [1.165, 1.54) is 28.7 Å². The Bertz CT molecular complexity index is 1200. The largest absolute Gasteiger partial charge is 0.481 e.